The minimum Gasteiger partial charge on any atom is -0.299 e. The summed E-state index contributed by atoms with van der Waals surface area (Å²) >= 11 is 0. The number of hydrogen-bond donors (Lipinski definition) is 0. The maximum atomic E-state index is 11.8. The fraction of sp³-hybridized carbons (Fsp3) is 0.917. The molecule has 0 aromatic carbocycles. The average Bonchev–Trinajstić information content (AvgIpc) is 2.47. The van der Waals surface area contributed by atoms with Gasteiger partial charge in [-0.2, -0.15) is 0 Å². The number of ketones is 1. The lowest BCUT2D eigenvalue weighted by Crippen LogP contribution is -2.17. The summed E-state index contributed by atoms with van der Waals surface area (Å²) in [6.45, 7) is 6.60. The predicted octanol–water partition coefficient (Wildman–Crippen LogP) is 3.43. The minimum atomic E-state index is 0.402. The molecule has 1 saturated carbocycles. The Morgan fingerprint density at radius 3 is 2.54 bits per heavy atom. The van der Waals surface area contributed by atoms with Crippen LogP contribution in [0.4, 0.5) is 0 Å². The quantitative estimate of drug-likeness (QED) is 0.651. The summed E-state index contributed by atoms with van der Waals surface area (Å²) in [5.41, 5.74) is 0. The first-order valence-electron chi connectivity index (χ1n) is 5.64. The van der Waals surface area contributed by atoms with Crippen LogP contribution in [0.5, 0.6) is 0 Å². The number of carbonyl (C=O) groups is 1. The van der Waals surface area contributed by atoms with Crippen molar-refractivity contribution < 1.29 is 4.79 Å². The van der Waals surface area contributed by atoms with E-state index in [1.165, 1.54) is 12.8 Å². The summed E-state index contributed by atoms with van der Waals surface area (Å²) in [5.74, 6) is 2.25. The molecule has 0 N–H and O–H groups in total. The van der Waals surface area contributed by atoms with Gasteiger partial charge in [0.25, 0.3) is 0 Å². The molecule has 1 nitrogen and oxygen atoms in total. The third kappa shape index (κ3) is 3.13. The van der Waals surface area contributed by atoms with Crippen molar-refractivity contribution in [2.24, 2.45) is 17.8 Å². The van der Waals surface area contributed by atoms with E-state index in [-0.39, 0.29) is 0 Å². The highest BCUT2D eigenvalue weighted by Crippen LogP contribution is 2.32. The predicted molar refractivity (Wildman–Crippen MR) is 55.6 cm³/mol. The van der Waals surface area contributed by atoms with Crippen LogP contribution in [0, 0.1) is 17.8 Å². The van der Waals surface area contributed by atoms with Crippen molar-refractivity contribution in [1.82, 2.24) is 0 Å². The van der Waals surface area contributed by atoms with E-state index in [9.17, 15) is 4.79 Å². The average molecular weight is 182 g/mol. The lowest BCUT2D eigenvalue weighted by Gasteiger charge is -2.14. The molecule has 0 heterocycles. The van der Waals surface area contributed by atoms with Gasteiger partial charge in [0, 0.05) is 12.3 Å². The summed E-state index contributed by atoms with van der Waals surface area (Å²) in [6.07, 6.45) is 5.56. The zero-order chi connectivity index (χ0) is 9.84. The van der Waals surface area contributed by atoms with Crippen LogP contribution in [-0.4, -0.2) is 5.78 Å². The number of rotatable bonds is 4. The van der Waals surface area contributed by atoms with Gasteiger partial charge < -0.3 is 0 Å². The molecule has 1 aliphatic carbocycles. The molecule has 13 heavy (non-hydrogen) atoms. The van der Waals surface area contributed by atoms with Crippen molar-refractivity contribution in [3.63, 3.8) is 0 Å². The van der Waals surface area contributed by atoms with Crippen LogP contribution in [0.15, 0.2) is 0 Å². The molecule has 2 unspecified atom stereocenters. The molecule has 0 spiro atoms. The first-order chi connectivity index (χ1) is 6.11. The number of carbonyl (C=O) groups excluding carboxylic acids is 1. The molecule has 1 fully saturated rings. The van der Waals surface area contributed by atoms with Crippen LogP contribution in [0.25, 0.3) is 0 Å². The summed E-state index contributed by atoms with van der Waals surface area (Å²) in [5, 5.41) is 0. The summed E-state index contributed by atoms with van der Waals surface area (Å²) in [4.78, 5) is 11.8. The van der Waals surface area contributed by atoms with E-state index in [4.69, 9.17) is 0 Å². The van der Waals surface area contributed by atoms with Gasteiger partial charge in [-0.15, -0.1) is 0 Å². The fourth-order valence-electron chi connectivity index (χ4n) is 2.24. The molecule has 0 saturated heterocycles. The molecular formula is C12H22O. The van der Waals surface area contributed by atoms with E-state index in [0.717, 1.165) is 19.3 Å². The Bertz CT molecular complexity index is 172. The second-order valence-corrected chi connectivity index (χ2v) is 4.91. The van der Waals surface area contributed by atoms with Gasteiger partial charge in [0.1, 0.15) is 5.78 Å². The van der Waals surface area contributed by atoms with Gasteiger partial charge in [-0.25, -0.2) is 0 Å². The highest BCUT2D eigenvalue weighted by atomic mass is 16.1. The molecule has 0 bridgehead atoms. The molecule has 0 aromatic heterocycles. The van der Waals surface area contributed by atoms with Crippen molar-refractivity contribution >= 4 is 5.78 Å². The largest absolute Gasteiger partial charge is 0.299 e. The van der Waals surface area contributed by atoms with Crippen molar-refractivity contribution in [2.75, 3.05) is 0 Å². The van der Waals surface area contributed by atoms with E-state index >= 15 is 0 Å². The number of Topliss-reactive ketones (excluding diaryl/α,β-unsaturated/α-hetero) is 1. The van der Waals surface area contributed by atoms with Crippen molar-refractivity contribution in [3.8, 4) is 0 Å². The Kier molecular flexibility index (Phi) is 3.95. The topological polar surface area (TPSA) is 17.1 Å². The van der Waals surface area contributed by atoms with Crippen LogP contribution in [0.3, 0.4) is 0 Å². The van der Waals surface area contributed by atoms with Crippen LogP contribution in [0.2, 0.25) is 0 Å². The van der Waals surface area contributed by atoms with Gasteiger partial charge in [0.05, 0.1) is 0 Å². The fourth-order valence-corrected chi connectivity index (χ4v) is 2.24. The molecule has 0 radical (unpaired) electrons. The van der Waals surface area contributed by atoms with Gasteiger partial charge in [0.15, 0.2) is 0 Å². The molecule has 0 aromatic rings. The van der Waals surface area contributed by atoms with Gasteiger partial charge in [-0.1, -0.05) is 27.2 Å². The van der Waals surface area contributed by atoms with E-state index in [0.29, 0.717) is 23.5 Å². The normalized spacial score (nSPS) is 28.3. The Labute approximate surface area is 81.9 Å². The van der Waals surface area contributed by atoms with Gasteiger partial charge in [-0.05, 0) is 31.1 Å². The Morgan fingerprint density at radius 1 is 1.38 bits per heavy atom. The zero-order valence-electron chi connectivity index (χ0n) is 9.18. The standard InChI is InChI=1S/C12H22O/c1-9(2)7-8-12(13)11-6-4-5-10(11)3/h9-11H,4-8H2,1-3H3. The van der Waals surface area contributed by atoms with Gasteiger partial charge in [0.2, 0.25) is 0 Å². The highest BCUT2D eigenvalue weighted by Gasteiger charge is 2.28. The summed E-state index contributed by atoms with van der Waals surface area (Å²) in [7, 11) is 0. The lowest BCUT2D eigenvalue weighted by molar-refractivity contribution is -0.124. The van der Waals surface area contributed by atoms with Crippen molar-refractivity contribution in [3.05, 3.63) is 0 Å². The molecule has 1 rings (SSSR count). The second-order valence-electron chi connectivity index (χ2n) is 4.91. The van der Waals surface area contributed by atoms with Crippen molar-refractivity contribution in [2.45, 2.75) is 52.9 Å². The maximum absolute atomic E-state index is 11.8. The van der Waals surface area contributed by atoms with E-state index < -0.39 is 0 Å². The van der Waals surface area contributed by atoms with Crippen molar-refractivity contribution in [1.29, 1.82) is 0 Å². The zero-order valence-corrected chi connectivity index (χ0v) is 9.18. The molecule has 0 aliphatic heterocycles. The first-order valence-corrected chi connectivity index (χ1v) is 5.64. The van der Waals surface area contributed by atoms with E-state index in [1.54, 1.807) is 0 Å². The summed E-state index contributed by atoms with van der Waals surface area (Å²) < 4.78 is 0. The van der Waals surface area contributed by atoms with Gasteiger partial charge >= 0.3 is 0 Å². The van der Waals surface area contributed by atoms with Gasteiger partial charge in [-0.3, -0.25) is 4.79 Å². The molecule has 1 heteroatoms. The monoisotopic (exact) mass is 182 g/mol. The molecule has 0 amide bonds. The maximum Gasteiger partial charge on any atom is 0.136 e. The Balaban J connectivity index is 2.30. The highest BCUT2D eigenvalue weighted by molar-refractivity contribution is 5.81. The molecular weight excluding hydrogens is 160 g/mol. The lowest BCUT2D eigenvalue weighted by atomic mass is 9.90. The third-order valence-corrected chi connectivity index (χ3v) is 3.24. The van der Waals surface area contributed by atoms with E-state index in [1.807, 2.05) is 0 Å². The summed E-state index contributed by atoms with van der Waals surface area (Å²) in [6, 6.07) is 0. The Morgan fingerprint density at radius 2 is 2.08 bits per heavy atom. The number of hydrogen-bond acceptors (Lipinski definition) is 1. The minimum absolute atomic E-state index is 0.402. The molecule has 2 atom stereocenters. The van der Waals surface area contributed by atoms with Crippen LogP contribution < -0.4 is 0 Å². The third-order valence-electron chi connectivity index (χ3n) is 3.24. The molecule has 1 aliphatic rings. The van der Waals surface area contributed by atoms with Crippen LogP contribution >= 0.6 is 0 Å². The smallest absolute Gasteiger partial charge is 0.136 e. The first kappa shape index (κ1) is 10.7. The Hall–Kier alpha value is -0.330. The van der Waals surface area contributed by atoms with Crippen LogP contribution in [0.1, 0.15) is 52.9 Å². The molecule has 76 valence electrons. The second kappa shape index (κ2) is 4.78. The van der Waals surface area contributed by atoms with E-state index in [2.05, 4.69) is 20.8 Å². The van der Waals surface area contributed by atoms with Crippen LogP contribution in [-0.2, 0) is 4.79 Å². The SMILES string of the molecule is CC(C)CCC(=O)C1CCCC1C.